The van der Waals surface area contributed by atoms with Crippen LogP contribution in [0.4, 0.5) is 5.82 Å². The normalized spacial score (nSPS) is 19.6. The van der Waals surface area contributed by atoms with Gasteiger partial charge in [-0.15, -0.1) is 0 Å². The number of anilines is 1. The summed E-state index contributed by atoms with van der Waals surface area (Å²) < 4.78 is 13.8. The van der Waals surface area contributed by atoms with Crippen molar-refractivity contribution in [3.63, 3.8) is 0 Å². The maximum atomic E-state index is 11.1. The first-order chi connectivity index (χ1) is 10.2. The van der Waals surface area contributed by atoms with E-state index in [9.17, 15) is 4.79 Å². The summed E-state index contributed by atoms with van der Waals surface area (Å²) in [7, 11) is -0.408. The predicted molar refractivity (Wildman–Crippen MR) is 85.2 cm³/mol. The van der Waals surface area contributed by atoms with Crippen molar-refractivity contribution in [3.8, 4) is 0 Å². The maximum Gasteiger partial charge on any atom is 0.494 e. The van der Waals surface area contributed by atoms with Crippen molar-refractivity contribution in [1.29, 1.82) is 0 Å². The summed E-state index contributed by atoms with van der Waals surface area (Å²) in [5.41, 5.74) is 1.06. The molecule has 22 heavy (non-hydrogen) atoms. The number of nitrogens with zero attached hydrogens (tertiary/aromatic N) is 2. The SMILES string of the molecule is CC(=O)Nc1cc2cc(B3OC(C)(C)C(C)(C)O3)ccn2n1. The summed E-state index contributed by atoms with van der Waals surface area (Å²) in [5.74, 6) is 0.383. The molecule has 116 valence electrons. The van der Waals surface area contributed by atoms with Crippen LogP contribution in [0.3, 0.4) is 0 Å². The van der Waals surface area contributed by atoms with Crippen molar-refractivity contribution in [2.75, 3.05) is 5.32 Å². The summed E-state index contributed by atoms with van der Waals surface area (Å²) in [6.45, 7) is 9.57. The topological polar surface area (TPSA) is 64.9 Å². The van der Waals surface area contributed by atoms with E-state index in [0.29, 0.717) is 5.82 Å². The van der Waals surface area contributed by atoms with Crippen LogP contribution >= 0.6 is 0 Å². The Bertz CT molecular complexity index is 723. The third-order valence-electron chi connectivity index (χ3n) is 4.32. The first-order valence-electron chi connectivity index (χ1n) is 7.30. The van der Waals surface area contributed by atoms with Crippen LogP contribution in [-0.2, 0) is 14.1 Å². The molecular weight excluding hydrogens is 281 g/mol. The highest BCUT2D eigenvalue weighted by molar-refractivity contribution is 6.62. The molecule has 2 aromatic rings. The summed E-state index contributed by atoms with van der Waals surface area (Å²) >= 11 is 0. The van der Waals surface area contributed by atoms with Crippen molar-refractivity contribution < 1.29 is 14.1 Å². The zero-order chi connectivity index (χ0) is 16.1. The first kappa shape index (κ1) is 15.1. The highest BCUT2D eigenvalue weighted by Crippen LogP contribution is 2.36. The second-order valence-electron chi connectivity index (χ2n) is 6.63. The van der Waals surface area contributed by atoms with Crippen molar-refractivity contribution in [3.05, 3.63) is 24.4 Å². The van der Waals surface area contributed by atoms with Crippen LogP contribution in [0.15, 0.2) is 24.4 Å². The van der Waals surface area contributed by atoms with Crippen molar-refractivity contribution in [2.24, 2.45) is 0 Å². The standard InChI is InChI=1S/C15H20BN3O3/c1-10(20)17-13-9-12-8-11(6-7-19(12)18-13)16-21-14(2,3)15(4,5)22-16/h6-9H,1-5H3,(H,17,18,20). The third kappa shape index (κ3) is 2.50. The fourth-order valence-corrected chi connectivity index (χ4v) is 2.38. The zero-order valence-corrected chi connectivity index (χ0v) is 13.5. The number of carbonyl (C=O) groups excluding carboxylic acids is 1. The molecule has 1 amide bonds. The van der Waals surface area contributed by atoms with Crippen LogP contribution in [0.25, 0.3) is 5.52 Å². The van der Waals surface area contributed by atoms with E-state index in [1.165, 1.54) is 6.92 Å². The molecular formula is C15H20BN3O3. The lowest BCUT2D eigenvalue weighted by Gasteiger charge is -2.32. The predicted octanol–water partition coefficient (Wildman–Crippen LogP) is 1.59. The maximum absolute atomic E-state index is 11.1. The number of pyridine rings is 1. The Labute approximate surface area is 129 Å². The van der Waals surface area contributed by atoms with Gasteiger partial charge in [0, 0.05) is 19.2 Å². The molecule has 0 radical (unpaired) electrons. The van der Waals surface area contributed by atoms with E-state index < -0.39 is 7.12 Å². The van der Waals surface area contributed by atoms with Gasteiger partial charge in [0.2, 0.25) is 5.91 Å². The minimum absolute atomic E-state index is 0.144. The Morgan fingerprint density at radius 2 is 1.86 bits per heavy atom. The van der Waals surface area contributed by atoms with E-state index in [1.807, 2.05) is 52.1 Å². The van der Waals surface area contributed by atoms with E-state index >= 15 is 0 Å². The molecule has 3 rings (SSSR count). The van der Waals surface area contributed by atoms with E-state index in [2.05, 4.69) is 10.4 Å². The summed E-state index contributed by atoms with van der Waals surface area (Å²) in [6, 6.07) is 5.69. The first-order valence-corrected chi connectivity index (χ1v) is 7.30. The van der Waals surface area contributed by atoms with Crippen molar-refractivity contribution in [1.82, 2.24) is 9.61 Å². The Hall–Kier alpha value is -1.86. The monoisotopic (exact) mass is 301 g/mol. The van der Waals surface area contributed by atoms with Gasteiger partial charge in [-0.05, 0) is 45.3 Å². The molecule has 1 fully saturated rings. The van der Waals surface area contributed by atoms with Gasteiger partial charge in [-0.2, -0.15) is 5.10 Å². The molecule has 2 aromatic heterocycles. The van der Waals surface area contributed by atoms with Gasteiger partial charge in [-0.1, -0.05) is 0 Å². The van der Waals surface area contributed by atoms with E-state index in [1.54, 1.807) is 4.52 Å². The minimum Gasteiger partial charge on any atom is -0.399 e. The van der Waals surface area contributed by atoms with Gasteiger partial charge in [-0.25, -0.2) is 4.52 Å². The highest BCUT2D eigenvalue weighted by atomic mass is 16.7. The highest BCUT2D eigenvalue weighted by Gasteiger charge is 2.51. The number of hydrogen-bond acceptors (Lipinski definition) is 4. The fourth-order valence-electron chi connectivity index (χ4n) is 2.38. The molecule has 7 heteroatoms. The van der Waals surface area contributed by atoms with Crippen molar-refractivity contribution in [2.45, 2.75) is 45.8 Å². The summed E-state index contributed by atoms with van der Waals surface area (Å²) in [6.07, 6.45) is 1.83. The molecule has 3 heterocycles. The molecule has 0 saturated carbocycles. The van der Waals surface area contributed by atoms with Crippen LogP contribution in [0.1, 0.15) is 34.6 Å². The van der Waals surface area contributed by atoms with Crippen LogP contribution in [0, 0.1) is 0 Å². The quantitative estimate of drug-likeness (QED) is 0.856. The van der Waals surface area contributed by atoms with E-state index in [4.69, 9.17) is 9.31 Å². The van der Waals surface area contributed by atoms with Gasteiger partial charge < -0.3 is 14.6 Å². The van der Waals surface area contributed by atoms with Crippen LogP contribution in [0.2, 0.25) is 0 Å². The zero-order valence-electron chi connectivity index (χ0n) is 13.5. The van der Waals surface area contributed by atoms with E-state index in [-0.39, 0.29) is 17.1 Å². The van der Waals surface area contributed by atoms with Crippen LogP contribution < -0.4 is 10.8 Å². The lowest BCUT2D eigenvalue weighted by atomic mass is 9.79. The van der Waals surface area contributed by atoms with Crippen LogP contribution in [0.5, 0.6) is 0 Å². The second kappa shape index (κ2) is 4.82. The summed E-state index contributed by atoms with van der Waals surface area (Å²) in [5, 5.41) is 6.96. The molecule has 0 aliphatic carbocycles. The minimum atomic E-state index is -0.408. The van der Waals surface area contributed by atoms with Gasteiger partial charge in [-0.3, -0.25) is 4.79 Å². The molecule has 0 atom stereocenters. The third-order valence-corrected chi connectivity index (χ3v) is 4.32. The number of rotatable bonds is 2. The average molecular weight is 301 g/mol. The van der Waals surface area contributed by atoms with Gasteiger partial charge in [0.1, 0.15) is 0 Å². The van der Waals surface area contributed by atoms with E-state index in [0.717, 1.165) is 11.0 Å². The van der Waals surface area contributed by atoms with Gasteiger partial charge in [0.25, 0.3) is 0 Å². The molecule has 6 nitrogen and oxygen atoms in total. The molecule has 1 aliphatic rings. The van der Waals surface area contributed by atoms with Crippen LogP contribution in [-0.4, -0.2) is 33.8 Å². The molecule has 1 aliphatic heterocycles. The molecule has 0 spiro atoms. The number of amides is 1. The lowest BCUT2D eigenvalue weighted by molar-refractivity contribution is -0.114. The number of nitrogens with one attached hydrogen (secondary N) is 1. The van der Waals surface area contributed by atoms with Gasteiger partial charge in [0.15, 0.2) is 5.82 Å². The number of aromatic nitrogens is 2. The smallest absolute Gasteiger partial charge is 0.399 e. The molecule has 0 bridgehead atoms. The largest absolute Gasteiger partial charge is 0.494 e. The Balaban J connectivity index is 1.91. The Morgan fingerprint density at radius 1 is 1.23 bits per heavy atom. The Morgan fingerprint density at radius 3 is 2.45 bits per heavy atom. The molecule has 0 aromatic carbocycles. The molecule has 1 saturated heterocycles. The Kier molecular flexibility index (Phi) is 3.30. The second-order valence-corrected chi connectivity index (χ2v) is 6.63. The summed E-state index contributed by atoms with van der Waals surface area (Å²) in [4.78, 5) is 11.1. The average Bonchev–Trinajstić information content (AvgIpc) is 2.85. The number of hydrogen-bond donors (Lipinski definition) is 1. The lowest BCUT2D eigenvalue weighted by Crippen LogP contribution is -2.41. The molecule has 0 unspecified atom stereocenters. The van der Waals surface area contributed by atoms with Gasteiger partial charge in [0.05, 0.1) is 16.7 Å². The molecule has 1 N–H and O–H groups in total. The fraction of sp³-hybridized carbons (Fsp3) is 0.467. The van der Waals surface area contributed by atoms with Crippen molar-refractivity contribution >= 4 is 29.8 Å². The van der Waals surface area contributed by atoms with Gasteiger partial charge >= 0.3 is 7.12 Å². The number of carbonyl (C=O) groups is 1. The number of fused-ring (bicyclic) bond motifs is 1.